The van der Waals surface area contributed by atoms with Gasteiger partial charge in [-0.3, -0.25) is 0 Å². The van der Waals surface area contributed by atoms with Gasteiger partial charge in [-0.1, -0.05) is 43.5 Å². The summed E-state index contributed by atoms with van der Waals surface area (Å²) in [5.41, 5.74) is 1.12. The van der Waals surface area contributed by atoms with Crippen LogP contribution in [0, 0.1) is 0 Å². The third kappa shape index (κ3) is 3.06. The fraction of sp³-hybridized carbons (Fsp3) is 0.333. The number of nitrogens with zero attached hydrogens (tertiary/aromatic N) is 1. The van der Waals surface area contributed by atoms with Crippen LogP contribution in [0.25, 0.3) is 0 Å². The highest BCUT2D eigenvalue weighted by Crippen LogP contribution is 2.28. The minimum atomic E-state index is 0.127. The van der Waals surface area contributed by atoms with Gasteiger partial charge in [0.2, 0.25) is 0 Å². The summed E-state index contributed by atoms with van der Waals surface area (Å²) < 4.78 is 1.39. The van der Waals surface area contributed by atoms with E-state index >= 15 is 0 Å². The second kappa shape index (κ2) is 5.11. The molecule has 0 bridgehead atoms. The number of rotatable bonds is 3. The van der Waals surface area contributed by atoms with Crippen molar-refractivity contribution in [2.45, 2.75) is 19.4 Å². The molecule has 0 spiro atoms. The van der Waals surface area contributed by atoms with Gasteiger partial charge in [0.1, 0.15) is 0 Å². The SMILES string of the molecule is CCC(c1ccc(Cl)cc1)N(S)Cl. The van der Waals surface area contributed by atoms with Crippen molar-refractivity contribution in [1.29, 1.82) is 0 Å². The molecule has 1 aromatic rings. The molecule has 0 aliphatic rings. The van der Waals surface area contributed by atoms with Gasteiger partial charge in [0, 0.05) is 5.02 Å². The summed E-state index contributed by atoms with van der Waals surface area (Å²) in [4.78, 5) is 0. The molecule has 1 atom stereocenters. The summed E-state index contributed by atoms with van der Waals surface area (Å²) in [6, 6.07) is 7.76. The van der Waals surface area contributed by atoms with Gasteiger partial charge in [0.25, 0.3) is 0 Å². The zero-order valence-electron chi connectivity index (χ0n) is 7.24. The lowest BCUT2D eigenvalue weighted by Crippen LogP contribution is -2.08. The molecule has 0 heterocycles. The molecule has 0 radical (unpaired) electrons. The molecule has 4 heteroatoms. The number of halogens is 2. The number of thiol groups is 1. The predicted molar refractivity (Wildman–Crippen MR) is 61.2 cm³/mol. The molecule has 0 aliphatic carbocycles. The Balaban J connectivity index is 2.86. The van der Waals surface area contributed by atoms with E-state index in [-0.39, 0.29) is 6.04 Å². The molecule has 72 valence electrons. The number of hydrogen-bond donors (Lipinski definition) is 1. The number of benzene rings is 1. The van der Waals surface area contributed by atoms with Crippen molar-refractivity contribution < 1.29 is 0 Å². The zero-order chi connectivity index (χ0) is 9.84. The third-order valence-electron chi connectivity index (χ3n) is 1.90. The Labute approximate surface area is 94.3 Å². The molecular weight excluding hydrogens is 225 g/mol. The minimum Gasteiger partial charge on any atom is -0.159 e. The van der Waals surface area contributed by atoms with Gasteiger partial charge in [0.15, 0.2) is 0 Å². The highest BCUT2D eigenvalue weighted by atomic mass is 35.5. The van der Waals surface area contributed by atoms with Gasteiger partial charge < -0.3 is 0 Å². The van der Waals surface area contributed by atoms with E-state index in [2.05, 4.69) is 19.7 Å². The first-order valence-electron chi connectivity index (χ1n) is 4.04. The van der Waals surface area contributed by atoms with Crippen LogP contribution in [0.5, 0.6) is 0 Å². The summed E-state index contributed by atoms with van der Waals surface area (Å²) in [6.45, 7) is 2.06. The van der Waals surface area contributed by atoms with Gasteiger partial charge in [-0.25, -0.2) is 0 Å². The first kappa shape index (κ1) is 11.2. The fourth-order valence-electron chi connectivity index (χ4n) is 1.19. The highest BCUT2D eigenvalue weighted by Gasteiger charge is 2.13. The van der Waals surface area contributed by atoms with E-state index in [0.29, 0.717) is 0 Å². The first-order chi connectivity index (χ1) is 6.15. The van der Waals surface area contributed by atoms with Crippen LogP contribution in [-0.2, 0) is 0 Å². The van der Waals surface area contributed by atoms with Crippen LogP contribution in [-0.4, -0.2) is 3.82 Å². The lowest BCUT2D eigenvalue weighted by molar-refractivity contribution is 0.510. The van der Waals surface area contributed by atoms with Gasteiger partial charge >= 0.3 is 0 Å². The van der Waals surface area contributed by atoms with Crippen molar-refractivity contribution in [2.24, 2.45) is 0 Å². The maximum atomic E-state index is 5.78. The van der Waals surface area contributed by atoms with Crippen molar-refractivity contribution in [3.63, 3.8) is 0 Å². The van der Waals surface area contributed by atoms with E-state index in [4.69, 9.17) is 23.4 Å². The topological polar surface area (TPSA) is 3.24 Å². The van der Waals surface area contributed by atoms with Crippen LogP contribution >= 0.6 is 36.2 Å². The normalized spacial score (nSPS) is 13.3. The lowest BCUT2D eigenvalue weighted by Gasteiger charge is -2.19. The highest BCUT2D eigenvalue weighted by molar-refractivity contribution is 7.78. The van der Waals surface area contributed by atoms with Crippen LogP contribution in [0.15, 0.2) is 24.3 Å². The van der Waals surface area contributed by atoms with Crippen molar-refractivity contribution in [3.05, 3.63) is 34.9 Å². The molecular formula is C9H11Cl2NS. The second-order valence-corrected chi connectivity index (χ2v) is 4.23. The average Bonchev–Trinajstić information content (AvgIpc) is 2.09. The molecule has 0 fully saturated rings. The van der Waals surface area contributed by atoms with E-state index in [9.17, 15) is 0 Å². The smallest absolute Gasteiger partial charge is 0.0609 e. The summed E-state index contributed by atoms with van der Waals surface area (Å²) in [5.74, 6) is 0. The molecule has 1 rings (SSSR count). The quantitative estimate of drug-likeness (QED) is 0.611. The summed E-state index contributed by atoms with van der Waals surface area (Å²) in [7, 11) is 0. The summed E-state index contributed by atoms with van der Waals surface area (Å²) in [5, 5.41) is 0.735. The second-order valence-electron chi connectivity index (χ2n) is 2.76. The molecule has 1 aromatic carbocycles. The van der Waals surface area contributed by atoms with Crippen LogP contribution in [0.3, 0.4) is 0 Å². The molecule has 0 aliphatic heterocycles. The Hall–Kier alpha value is 0.110. The maximum absolute atomic E-state index is 5.78. The molecule has 1 nitrogen and oxygen atoms in total. The minimum absolute atomic E-state index is 0.127. The van der Waals surface area contributed by atoms with Crippen LogP contribution in [0.4, 0.5) is 0 Å². The van der Waals surface area contributed by atoms with Crippen molar-refractivity contribution >= 4 is 36.2 Å². The average molecular weight is 236 g/mol. The largest absolute Gasteiger partial charge is 0.159 e. The third-order valence-corrected chi connectivity index (χ3v) is 2.67. The van der Waals surface area contributed by atoms with E-state index in [1.54, 1.807) is 0 Å². The van der Waals surface area contributed by atoms with E-state index in [1.807, 2.05) is 24.3 Å². The van der Waals surface area contributed by atoms with Crippen molar-refractivity contribution in [3.8, 4) is 0 Å². The number of hydrogen-bond acceptors (Lipinski definition) is 2. The Morgan fingerprint density at radius 1 is 1.38 bits per heavy atom. The molecule has 13 heavy (non-hydrogen) atoms. The Kier molecular flexibility index (Phi) is 4.39. The van der Waals surface area contributed by atoms with Gasteiger partial charge in [-0.05, 0) is 35.9 Å². The van der Waals surface area contributed by atoms with Crippen LogP contribution in [0.2, 0.25) is 5.02 Å². The molecule has 0 N–H and O–H groups in total. The molecule has 0 saturated carbocycles. The van der Waals surface area contributed by atoms with Crippen molar-refractivity contribution in [2.75, 3.05) is 0 Å². The van der Waals surface area contributed by atoms with Gasteiger partial charge in [-0.2, -0.15) is 3.82 Å². The Bertz CT molecular complexity index is 261. The maximum Gasteiger partial charge on any atom is 0.0609 e. The van der Waals surface area contributed by atoms with E-state index in [0.717, 1.165) is 17.0 Å². The monoisotopic (exact) mass is 235 g/mol. The fourth-order valence-corrected chi connectivity index (χ4v) is 1.87. The molecule has 1 unspecified atom stereocenters. The molecule has 0 saturated heterocycles. The summed E-state index contributed by atoms with van der Waals surface area (Å²) in [6.07, 6.45) is 0.911. The predicted octanol–water partition coefficient (Wildman–Crippen LogP) is 4.09. The van der Waals surface area contributed by atoms with Crippen molar-refractivity contribution in [1.82, 2.24) is 3.82 Å². The zero-order valence-corrected chi connectivity index (χ0v) is 9.65. The van der Waals surface area contributed by atoms with Crippen LogP contribution in [0.1, 0.15) is 24.9 Å². The standard InChI is InChI=1S/C9H11Cl2NS/c1-2-9(12(11)13)7-3-5-8(10)6-4-7/h3-6,9,13H,2H2,1H3. The molecule has 0 aromatic heterocycles. The first-order valence-corrected chi connectivity index (χ1v) is 5.16. The Morgan fingerprint density at radius 3 is 2.31 bits per heavy atom. The Morgan fingerprint density at radius 2 is 1.92 bits per heavy atom. The molecule has 0 amide bonds. The van der Waals surface area contributed by atoms with E-state index < -0.39 is 0 Å². The summed E-state index contributed by atoms with van der Waals surface area (Å²) >= 11 is 15.6. The lowest BCUT2D eigenvalue weighted by atomic mass is 10.1. The van der Waals surface area contributed by atoms with Crippen LogP contribution < -0.4 is 0 Å². The van der Waals surface area contributed by atoms with Gasteiger partial charge in [-0.15, -0.1) is 0 Å². The van der Waals surface area contributed by atoms with Gasteiger partial charge in [0.05, 0.1) is 6.04 Å². The van der Waals surface area contributed by atoms with E-state index in [1.165, 1.54) is 3.82 Å².